The fourth-order valence-electron chi connectivity index (χ4n) is 3.52. The molecule has 0 aromatic heterocycles. The first kappa shape index (κ1) is 20.6. The fourth-order valence-corrected chi connectivity index (χ4v) is 7.94. The first-order valence-electron chi connectivity index (χ1n) is 9.22. The van der Waals surface area contributed by atoms with Crippen molar-refractivity contribution in [1.82, 2.24) is 0 Å². The van der Waals surface area contributed by atoms with Crippen LogP contribution >= 0.6 is 6.89 Å². The number of hydrogen-bond acceptors (Lipinski definition) is 4. The summed E-state index contributed by atoms with van der Waals surface area (Å²) in [6.07, 6.45) is -0.143. The predicted octanol–water partition coefficient (Wildman–Crippen LogP) is 2.89. The lowest BCUT2D eigenvalue weighted by atomic mass is 10.3. The highest BCUT2D eigenvalue weighted by molar-refractivity contribution is 7.96. The molecule has 0 heterocycles. The molecule has 29 heavy (non-hydrogen) atoms. The van der Waals surface area contributed by atoms with Gasteiger partial charge in [0.1, 0.15) is 0 Å². The average molecular weight is 406 g/mol. The first-order valence-corrected chi connectivity index (χ1v) is 11.0. The maximum atomic E-state index is 13.1. The zero-order chi connectivity index (χ0) is 20.7. The number of rotatable bonds is 6. The summed E-state index contributed by atoms with van der Waals surface area (Å²) in [6, 6.07) is 29.5. The number of esters is 2. The lowest BCUT2D eigenvalue weighted by Gasteiger charge is -2.31. The van der Waals surface area contributed by atoms with Crippen molar-refractivity contribution >= 4 is 40.0 Å². The molecule has 0 unspecified atom stereocenters. The Bertz CT molecular complexity index is 925. The van der Waals surface area contributed by atoms with E-state index >= 15 is 0 Å². The molecule has 0 atom stereocenters. The van der Waals surface area contributed by atoms with Gasteiger partial charge >= 0.3 is 11.9 Å². The third-order valence-corrected chi connectivity index (χ3v) is 9.16. The molecular formula is C24H23O4P. The molecule has 0 radical (unpaired) electrons. The Morgan fingerprint density at radius 3 is 1.34 bits per heavy atom. The lowest BCUT2D eigenvalue weighted by molar-refractivity contribution is -0.140. The summed E-state index contributed by atoms with van der Waals surface area (Å²) in [5.41, 5.74) is 0. The molecule has 4 nitrogen and oxygen atoms in total. The van der Waals surface area contributed by atoms with Gasteiger partial charge in [0.25, 0.3) is 0 Å². The summed E-state index contributed by atoms with van der Waals surface area (Å²) >= 11 is 0. The largest absolute Gasteiger partial charge is 0.469 e. The maximum absolute atomic E-state index is 13.1. The highest BCUT2D eigenvalue weighted by atomic mass is 31.2. The Balaban J connectivity index is 2.57. The Morgan fingerprint density at radius 2 is 1.03 bits per heavy atom. The van der Waals surface area contributed by atoms with Crippen molar-refractivity contribution in [3.05, 3.63) is 91.0 Å². The van der Waals surface area contributed by atoms with Crippen LogP contribution in [0.15, 0.2) is 91.0 Å². The summed E-state index contributed by atoms with van der Waals surface area (Å²) in [6.45, 7) is -2.66. The van der Waals surface area contributed by atoms with Crippen LogP contribution in [0.1, 0.15) is 6.42 Å². The van der Waals surface area contributed by atoms with Crippen molar-refractivity contribution in [3.8, 4) is 0 Å². The van der Waals surface area contributed by atoms with E-state index in [0.717, 1.165) is 15.9 Å². The molecule has 0 bridgehead atoms. The van der Waals surface area contributed by atoms with Crippen LogP contribution in [0.2, 0.25) is 0 Å². The van der Waals surface area contributed by atoms with E-state index in [-0.39, 0.29) is 6.42 Å². The van der Waals surface area contributed by atoms with Gasteiger partial charge in [-0.15, -0.1) is 0 Å². The average Bonchev–Trinajstić information content (AvgIpc) is 2.80. The van der Waals surface area contributed by atoms with Gasteiger partial charge in [-0.2, -0.15) is 0 Å². The quantitative estimate of drug-likeness (QED) is 0.467. The standard InChI is InChI=1S/C24H23O4P/c1-27-23(25)18-22(24(26)28-2)29(19-12-6-3-7-13-19,20-14-8-4-9-15-20)21-16-10-5-11-17-21/h3-17H,18H2,1-2H3. The highest BCUT2D eigenvalue weighted by Gasteiger charge is 2.34. The molecule has 3 aromatic rings. The van der Waals surface area contributed by atoms with E-state index in [1.165, 1.54) is 14.2 Å². The number of methoxy groups -OCH3 is 2. The van der Waals surface area contributed by atoms with Gasteiger partial charge in [0.2, 0.25) is 0 Å². The van der Waals surface area contributed by atoms with Crippen molar-refractivity contribution in [2.45, 2.75) is 6.42 Å². The summed E-state index contributed by atoms with van der Waals surface area (Å²) < 4.78 is 10.1. The number of carbonyl (C=O) groups is 2. The zero-order valence-corrected chi connectivity index (χ0v) is 17.3. The Kier molecular flexibility index (Phi) is 6.69. The zero-order valence-electron chi connectivity index (χ0n) is 16.4. The van der Waals surface area contributed by atoms with Crippen molar-refractivity contribution < 1.29 is 19.1 Å². The third kappa shape index (κ3) is 4.03. The SMILES string of the molecule is COC(=O)CC(C(=O)OC)=P(c1ccccc1)(c1ccccc1)c1ccccc1. The van der Waals surface area contributed by atoms with Crippen LogP contribution in [-0.2, 0) is 19.1 Å². The van der Waals surface area contributed by atoms with E-state index in [4.69, 9.17) is 9.47 Å². The molecule has 0 aliphatic heterocycles. The van der Waals surface area contributed by atoms with Crippen LogP contribution in [-0.4, -0.2) is 31.5 Å². The summed E-state index contributed by atoms with van der Waals surface area (Å²) in [5.74, 6) is -0.974. The van der Waals surface area contributed by atoms with Gasteiger partial charge in [-0.1, -0.05) is 91.0 Å². The molecule has 3 rings (SSSR count). The normalized spacial score (nSPS) is 10.8. The first-order chi connectivity index (χ1) is 14.1. The van der Waals surface area contributed by atoms with Crippen LogP contribution in [0.3, 0.4) is 0 Å². The number of hydrogen-bond donors (Lipinski definition) is 0. The number of benzene rings is 3. The molecule has 148 valence electrons. The Morgan fingerprint density at radius 1 is 0.655 bits per heavy atom. The van der Waals surface area contributed by atoms with Crippen molar-refractivity contribution in [2.75, 3.05) is 14.2 Å². The smallest absolute Gasteiger partial charge is 0.335 e. The van der Waals surface area contributed by atoms with Gasteiger partial charge in [0.15, 0.2) is 0 Å². The van der Waals surface area contributed by atoms with Gasteiger partial charge < -0.3 is 9.47 Å². The van der Waals surface area contributed by atoms with Crippen LogP contribution in [0.25, 0.3) is 0 Å². The van der Waals surface area contributed by atoms with Crippen LogP contribution in [0, 0.1) is 0 Å². The van der Waals surface area contributed by atoms with Gasteiger partial charge in [0.05, 0.1) is 25.9 Å². The molecule has 0 fully saturated rings. The molecule has 0 aliphatic carbocycles. The minimum atomic E-state index is -2.66. The minimum absolute atomic E-state index is 0.143. The summed E-state index contributed by atoms with van der Waals surface area (Å²) in [7, 11) is 2.67. The summed E-state index contributed by atoms with van der Waals surface area (Å²) in [5, 5.41) is 3.33. The van der Waals surface area contributed by atoms with E-state index in [0.29, 0.717) is 5.29 Å². The van der Waals surface area contributed by atoms with Crippen LogP contribution in [0.4, 0.5) is 0 Å². The number of carbonyl (C=O) groups excluding carboxylic acids is 2. The molecule has 0 amide bonds. The van der Waals surface area contributed by atoms with Gasteiger partial charge in [-0.05, 0) is 22.8 Å². The van der Waals surface area contributed by atoms with E-state index < -0.39 is 18.8 Å². The summed E-state index contributed by atoms with van der Waals surface area (Å²) in [4.78, 5) is 25.4. The molecule has 0 N–H and O–H groups in total. The minimum Gasteiger partial charge on any atom is -0.469 e. The molecule has 3 aromatic carbocycles. The second-order valence-electron chi connectivity index (χ2n) is 6.37. The van der Waals surface area contributed by atoms with Crippen molar-refractivity contribution in [2.24, 2.45) is 0 Å². The van der Waals surface area contributed by atoms with Crippen LogP contribution in [0.5, 0.6) is 0 Å². The molecular weight excluding hydrogens is 383 g/mol. The molecule has 0 spiro atoms. The highest BCUT2D eigenvalue weighted by Crippen LogP contribution is 2.47. The van der Waals surface area contributed by atoms with Gasteiger partial charge in [-0.25, -0.2) is 4.79 Å². The third-order valence-electron chi connectivity index (χ3n) is 4.80. The monoisotopic (exact) mass is 406 g/mol. The predicted molar refractivity (Wildman–Crippen MR) is 119 cm³/mol. The van der Waals surface area contributed by atoms with Gasteiger partial charge in [0, 0.05) is 0 Å². The van der Waals surface area contributed by atoms with Crippen molar-refractivity contribution in [3.63, 3.8) is 0 Å². The maximum Gasteiger partial charge on any atom is 0.335 e. The Hall–Kier alpha value is -3.10. The van der Waals surface area contributed by atoms with Crippen LogP contribution < -0.4 is 15.9 Å². The Labute approximate surface area is 171 Å². The topological polar surface area (TPSA) is 52.6 Å². The number of ether oxygens (including phenoxy) is 2. The van der Waals surface area contributed by atoms with E-state index in [1.807, 2.05) is 91.0 Å². The lowest BCUT2D eigenvalue weighted by Crippen LogP contribution is -2.35. The molecule has 0 saturated heterocycles. The second kappa shape index (κ2) is 9.40. The van der Waals surface area contributed by atoms with E-state index in [1.54, 1.807) is 0 Å². The fraction of sp³-hybridized carbons (Fsp3) is 0.125. The molecule has 5 heteroatoms. The van der Waals surface area contributed by atoms with Gasteiger partial charge in [-0.3, -0.25) is 4.79 Å². The van der Waals surface area contributed by atoms with E-state index in [9.17, 15) is 9.59 Å². The van der Waals surface area contributed by atoms with Crippen molar-refractivity contribution in [1.29, 1.82) is 0 Å². The second-order valence-corrected chi connectivity index (χ2v) is 9.80. The van der Waals surface area contributed by atoms with E-state index in [2.05, 4.69) is 0 Å². The molecule has 0 saturated carbocycles. The molecule has 0 aliphatic rings.